The monoisotopic (exact) mass is 627 g/mol. The molecule has 0 fully saturated rings. The Morgan fingerprint density at radius 3 is 2.38 bits per heavy atom. The lowest BCUT2D eigenvalue weighted by Crippen LogP contribution is -2.35. The molecular formula is C35H28F3N3O3S. The first-order valence-electron chi connectivity index (χ1n) is 14.3. The second kappa shape index (κ2) is 12.2. The van der Waals surface area contributed by atoms with E-state index in [2.05, 4.69) is 4.98 Å². The van der Waals surface area contributed by atoms with E-state index in [1.54, 1.807) is 41.3 Å². The van der Waals surface area contributed by atoms with Crippen molar-refractivity contribution in [3.8, 4) is 0 Å². The van der Waals surface area contributed by atoms with E-state index in [4.69, 9.17) is 0 Å². The van der Waals surface area contributed by atoms with Crippen molar-refractivity contribution in [2.75, 3.05) is 17.4 Å². The number of alkyl halides is 3. The molecule has 5 aromatic rings. The Morgan fingerprint density at radius 2 is 1.62 bits per heavy atom. The molecule has 0 bridgehead atoms. The zero-order valence-electron chi connectivity index (χ0n) is 24.0. The molecule has 0 unspecified atom stereocenters. The van der Waals surface area contributed by atoms with E-state index in [0.717, 1.165) is 38.3 Å². The fourth-order valence-corrected chi connectivity index (χ4v) is 6.96. The van der Waals surface area contributed by atoms with Gasteiger partial charge in [0.2, 0.25) is 0 Å². The molecule has 6 rings (SSSR count). The Bertz CT molecular complexity index is 2010. The van der Waals surface area contributed by atoms with Crippen LogP contribution in [0.15, 0.2) is 126 Å². The SMILES string of the molecule is O=C(c1cccc(S(=O)(=O)N(Cc2ccccc2)c2cccc(C(F)(F)F)c2)c1)N1CC=C(c2cncc3ccccc23)CC1. The molecule has 0 saturated heterocycles. The van der Waals surface area contributed by atoms with E-state index in [1.807, 2.05) is 42.7 Å². The van der Waals surface area contributed by atoms with Gasteiger partial charge < -0.3 is 4.90 Å². The second-order valence-electron chi connectivity index (χ2n) is 10.7. The third-order valence-electron chi connectivity index (χ3n) is 7.81. The van der Waals surface area contributed by atoms with Gasteiger partial charge in [-0.2, -0.15) is 13.2 Å². The highest BCUT2D eigenvalue weighted by atomic mass is 32.2. The number of carbonyl (C=O) groups is 1. The van der Waals surface area contributed by atoms with Gasteiger partial charge >= 0.3 is 6.18 Å². The van der Waals surface area contributed by atoms with Crippen LogP contribution < -0.4 is 4.31 Å². The van der Waals surface area contributed by atoms with Crippen molar-refractivity contribution in [2.24, 2.45) is 0 Å². The predicted octanol–water partition coefficient (Wildman–Crippen LogP) is 7.58. The molecule has 228 valence electrons. The Balaban J connectivity index is 1.29. The number of anilines is 1. The van der Waals surface area contributed by atoms with Crippen LogP contribution >= 0.6 is 0 Å². The summed E-state index contributed by atoms with van der Waals surface area (Å²) >= 11 is 0. The highest BCUT2D eigenvalue weighted by molar-refractivity contribution is 7.92. The van der Waals surface area contributed by atoms with Crippen LogP contribution in [-0.4, -0.2) is 37.3 Å². The molecule has 45 heavy (non-hydrogen) atoms. The summed E-state index contributed by atoms with van der Waals surface area (Å²) in [7, 11) is -4.39. The molecule has 2 heterocycles. The Kier molecular flexibility index (Phi) is 8.16. The largest absolute Gasteiger partial charge is 0.416 e. The van der Waals surface area contributed by atoms with Crippen LogP contribution in [0.2, 0.25) is 0 Å². The number of benzene rings is 4. The number of aromatic nitrogens is 1. The second-order valence-corrected chi connectivity index (χ2v) is 12.6. The number of pyridine rings is 1. The maximum Gasteiger partial charge on any atom is 0.416 e. The highest BCUT2D eigenvalue weighted by Gasteiger charge is 2.33. The van der Waals surface area contributed by atoms with E-state index in [-0.39, 0.29) is 28.6 Å². The van der Waals surface area contributed by atoms with Gasteiger partial charge in [-0.25, -0.2) is 8.42 Å². The topological polar surface area (TPSA) is 70.6 Å². The van der Waals surface area contributed by atoms with E-state index in [1.165, 1.54) is 30.3 Å². The summed E-state index contributed by atoms with van der Waals surface area (Å²) in [4.78, 5) is 19.4. The van der Waals surface area contributed by atoms with Gasteiger partial charge in [-0.3, -0.25) is 14.1 Å². The van der Waals surface area contributed by atoms with Crippen molar-refractivity contribution in [3.63, 3.8) is 0 Å². The fourth-order valence-electron chi connectivity index (χ4n) is 5.47. The lowest BCUT2D eigenvalue weighted by atomic mass is 9.96. The normalized spacial score (nSPS) is 13.8. The molecule has 6 nitrogen and oxygen atoms in total. The van der Waals surface area contributed by atoms with Crippen LogP contribution in [0.5, 0.6) is 0 Å². The molecule has 0 N–H and O–H groups in total. The third kappa shape index (κ3) is 6.32. The van der Waals surface area contributed by atoms with Gasteiger partial charge in [-0.15, -0.1) is 0 Å². The average molecular weight is 628 g/mol. The Labute approximate surface area is 259 Å². The predicted molar refractivity (Wildman–Crippen MR) is 168 cm³/mol. The number of rotatable bonds is 7. The summed E-state index contributed by atoms with van der Waals surface area (Å²) in [5, 5.41) is 2.11. The number of halogens is 3. The number of nitrogens with zero attached hydrogens (tertiary/aromatic N) is 3. The van der Waals surface area contributed by atoms with E-state index in [9.17, 15) is 26.4 Å². The van der Waals surface area contributed by atoms with Gasteiger partial charge in [0.25, 0.3) is 15.9 Å². The molecule has 1 amide bonds. The van der Waals surface area contributed by atoms with Gasteiger partial charge in [-0.1, -0.05) is 72.8 Å². The zero-order valence-corrected chi connectivity index (χ0v) is 24.8. The van der Waals surface area contributed by atoms with Crippen LogP contribution in [-0.2, 0) is 22.7 Å². The third-order valence-corrected chi connectivity index (χ3v) is 9.58. The standard InChI is InChI=1S/C35H28F3N3O3S/c36-35(37,38)29-12-7-13-30(21-29)41(24-25-8-2-1-3-9-25)45(43,44)31-14-6-11-27(20-31)34(42)40-18-16-26(17-19-40)33-23-39-22-28-10-4-5-15-32(28)33/h1-16,20-23H,17-19,24H2. The molecule has 0 radical (unpaired) electrons. The summed E-state index contributed by atoms with van der Waals surface area (Å²) in [6.45, 7) is 0.555. The van der Waals surface area contributed by atoms with Crippen molar-refractivity contribution >= 4 is 38.0 Å². The van der Waals surface area contributed by atoms with Crippen molar-refractivity contribution in [2.45, 2.75) is 24.0 Å². The van der Waals surface area contributed by atoms with E-state index in [0.29, 0.717) is 25.1 Å². The molecular weight excluding hydrogens is 599 g/mol. The molecule has 1 aliphatic heterocycles. The van der Waals surface area contributed by atoms with Crippen LogP contribution in [0.25, 0.3) is 16.3 Å². The molecule has 10 heteroatoms. The number of hydrogen-bond donors (Lipinski definition) is 0. The molecule has 0 aliphatic carbocycles. The van der Waals surface area contributed by atoms with Crippen molar-refractivity contribution in [1.82, 2.24) is 9.88 Å². The summed E-state index contributed by atoms with van der Waals surface area (Å²) in [6, 6.07) is 26.4. The maximum absolute atomic E-state index is 14.1. The van der Waals surface area contributed by atoms with Crippen molar-refractivity contribution in [1.29, 1.82) is 0 Å². The van der Waals surface area contributed by atoms with Crippen LogP contribution in [0.4, 0.5) is 18.9 Å². The number of fused-ring (bicyclic) bond motifs is 1. The van der Waals surface area contributed by atoms with E-state index < -0.39 is 21.8 Å². The Morgan fingerprint density at radius 1 is 0.867 bits per heavy atom. The fraction of sp³-hybridized carbons (Fsp3) is 0.143. The molecule has 0 atom stereocenters. The van der Waals surface area contributed by atoms with Crippen molar-refractivity contribution in [3.05, 3.63) is 144 Å². The molecule has 1 aliphatic rings. The lowest BCUT2D eigenvalue weighted by molar-refractivity contribution is -0.137. The van der Waals surface area contributed by atoms with Crippen LogP contribution in [0, 0.1) is 0 Å². The Hall–Kier alpha value is -4.96. The first kappa shape index (κ1) is 30.1. The number of sulfonamides is 1. The van der Waals surface area contributed by atoms with Crippen LogP contribution in [0.3, 0.4) is 0 Å². The van der Waals surface area contributed by atoms with Gasteiger partial charge in [0.15, 0.2) is 0 Å². The summed E-state index contributed by atoms with van der Waals surface area (Å²) in [5.41, 5.74) is 1.75. The van der Waals surface area contributed by atoms with Crippen molar-refractivity contribution < 1.29 is 26.4 Å². The molecule has 0 spiro atoms. The number of amides is 1. The lowest BCUT2D eigenvalue weighted by Gasteiger charge is -2.28. The zero-order chi connectivity index (χ0) is 31.6. The average Bonchev–Trinajstić information content (AvgIpc) is 3.07. The van der Waals surface area contributed by atoms with Gasteiger partial charge in [0.1, 0.15) is 0 Å². The number of hydrogen-bond acceptors (Lipinski definition) is 4. The first-order chi connectivity index (χ1) is 21.6. The molecule has 0 saturated carbocycles. The number of carbonyl (C=O) groups excluding carboxylic acids is 1. The van der Waals surface area contributed by atoms with Gasteiger partial charge in [0.05, 0.1) is 22.7 Å². The van der Waals surface area contributed by atoms with Crippen LogP contribution in [0.1, 0.15) is 33.5 Å². The van der Waals surface area contributed by atoms with Gasteiger partial charge in [-0.05, 0) is 59.3 Å². The minimum atomic E-state index is -4.66. The highest BCUT2D eigenvalue weighted by Crippen LogP contribution is 2.34. The first-order valence-corrected chi connectivity index (χ1v) is 15.7. The van der Waals surface area contributed by atoms with Gasteiger partial charge in [0, 0.05) is 42.0 Å². The quantitative estimate of drug-likeness (QED) is 0.187. The summed E-state index contributed by atoms with van der Waals surface area (Å²) < 4.78 is 69.8. The molecule has 4 aromatic carbocycles. The summed E-state index contributed by atoms with van der Waals surface area (Å²) in [5.74, 6) is -0.341. The van der Waals surface area contributed by atoms with E-state index >= 15 is 0 Å². The molecule has 1 aromatic heterocycles. The minimum absolute atomic E-state index is 0.137. The maximum atomic E-state index is 14.1. The smallest absolute Gasteiger partial charge is 0.335 e. The summed E-state index contributed by atoms with van der Waals surface area (Å²) in [6.07, 6.45) is 1.57. The minimum Gasteiger partial charge on any atom is -0.335 e.